The van der Waals surface area contributed by atoms with Crippen LogP contribution in [0.15, 0.2) is 34.1 Å². The average molecular weight is 336 g/mol. The molecule has 1 amide bonds. The fourth-order valence-corrected chi connectivity index (χ4v) is 3.60. The fourth-order valence-electron chi connectivity index (χ4n) is 2.33. The maximum absolute atomic E-state index is 12.5. The minimum Gasteiger partial charge on any atom is -0.334 e. The van der Waals surface area contributed by atoms with Crippen LogP contribution in [0.3, 0.4) is 0 Å². The highest BCUT2D eigenvalue weighted by Crippen LogP contribution is 2.26. The summed E-state index contributed by atoms with van der Waals surface area (Å²) in [5.74, 6) is 0.123. The second-order valence-electron chi connectivity index (χ2n) is 4.81. The molecule has 0 spiro atoms. The zero-order valence-electron chi connectivity index (χ0n) is 10.6. The van der Waals surface area contributed by atoms with E-state index >= 15 is 0 Å². The number of benzene rings is 1. The molecule has 0 saturated heterocycles. The first-order valence-electron chi connectivity index (χ1n) is 6.26. The molecule has 0 radical (unpaired) electrons. The Morgan fingerprint density at radius 1 is 1.37 bits per heavy atom. The monoisotopic (exact) mass is 335 g/mol. The highest BCUT2D eigenvalue weighted by Gasteiger charge is 2.22. The van der Waals surface area contributed by atoms with E-state index in [-0.39, 0.29) is 5.91 Å². The molecule has 1 aliphatic rings. The van der Waals surface area contributed by atoms with E-state index in [4.69, 9.17) is 0 Å². The maximum Gasteiger partial charge on any atom is 0.254 e. The molecule has 4 heteroatoms. The number of hydrogen-bond acceptors (Lipinski definition) is 2. The van der Waals surface area contributed by atoms with Crippen molar-refractivity contribution in [2.75, 3.05) is 6.54 Å². The van der Waals surface area contributed by atoms with E-state index in [1.807, 2.05) is 30.0 Å². The Kier molecular flexibility index (Phi) is 3.46. The van der Waals surface area contributed by atoms with Gasteiger partial charge in [0, 0.05) is 28.0 Å². The lowest BCUT2D eigenvalue weighted by molar-refractivity contribution is 0.0736. The van der Waals surface area contributed by atoms with Crippen molar-refractivity contribution < 1.29 is 4.79 Å². The normalized spacial score (nSPS) is 14.3. The SMILES string of the molecule is Cc1ccc(C(=O)N2CCc3sccc3C2)cc1Br. The Bertz CT molecular complexity index is 635. The van der Waals surface area contributed by atoms with Crippen molar-refractivity contribution in [3.8, 4) is 0 Å². The zero-order valence-corrected chi connectivity index (χ0v) is 13.1. The largest absolute Gasteiger partial charge is 0.334 e. The molecule has 0 fully saturated rings. The lowest BCUT2D eigenvalue weighted by atomic mass is 10.1. The van der Waals surface area contributed by atoms with Gasteiger partial charge in [-0.05, 0) is 48.1 Å². The fraction of sp³-hybridized carbons (Fsp3) is 0.267. The molecule has 98 valence electrons. The number of carbonyl (C=O) groups is 1. The number of fused-ring (bicyclic) bond motifs is 1. The lowest BCUT2D eigenvalue weighted by Gasteiger charge is -2.27. The van der Waals surface area contributed by atoms with Crippen LogP contribution in [0.25, 0.3) is 0 Å². The number of amides is 1. The zero-order chi connectivity index (χ0) is 13.4. The van der Waals surface area contributed by atoms with Gasteiger partial charge in [-0.2, -0.15) is 0 Å². The van der Waals surface area contributed by atoms with Crippen molar-refractivity contribution in [1.29, 1.82) is 0 Å². The van der Waals surface area contributed by atoms with E-state index in [9.17, 15) is 4.79 Å². The molecule has 0 unspecified atom stereocenters. The summed E-state index contributed by atoms with van der Waals surface area (Å²) in [6, 6.07) is 7.94. The van der Waals surface area contributed by atoms with Crippen molar-refractivity contribution in [2.24, 2.45) is 0 Å². The minimum absolute atomic E-state index is 0.123. The number of nitrogens with zero attached hydrogens (tertiary/aromatic N) is 1. The smallest absolute Gasteiger partial charge is 0.254 e. The van der Waals surface area contributed by atoms with Crippen molar-refractivity contribution in [2.45, 2.75) is 19.9 Å². The Morgan fingerprint density at radius 2 is 2.21 bits per heavy atom. The van der Waals surface area contributed by atoms with Gasteiger partial charge in [-0.1, -0.05) is 22.0 Å². The van der Waals surface area contributed by atoms with E-state index < -0.39 is 0 Å². The van der Waals surface area contributed by atoms with Crippen LogP contribution in [0, 0.1) is 6.92 Å². The van der Waals surface area contributed by atoms with Gasteiger partial charge in [0.15, 0.2) is 0 Å². The molecule has 0 N–H and O–H groups in total. The van der Waals surface area contributed by atoms with Gasteiger partial charge >= 0.3 is 0 Å². The molecule has 1 aromatic heterocycles. The first kappa shape index (κ1) is 12.9. The summed E-state index contributed by atoms with van der Waals surface area (Å²) < 4.78 is 0.992. The quantitative estimate of drug-likeness (QED) is 0.770. The number of rotatable bonds is 1. The third-order valence-electron chi connectivity index (χ3n) is 3.51. The topological polar surface area (TPSA) is 20.3 Å². The van der Waals surface area contributed by atoms with E-state index in [0.717, 1.165) is 35.1 Å². The molecule has 1 aromatic carbocycles. The van der Waals surface area contributed by atoms with Crippen LogP contribution >= 0.6 is 27.3 Å². The molecule has 0 atom stereocenters. The Balaban J connectivity index is 1.83. The van der Waals surface area contributed by atoms with Crippen LogP contribution in [0.2, 0.25) is 0 Å². The summed E-state index contributed by atoms with van der Waals surface area (Å²) in [4.78, 5) is 15.9. The summed E-state index contributed by atoms with van der Waals surface area (Å²) in [5, 5.41) is 2.11. The van der Waals surface area contributed by atoms with Crippen LogP contribution in [0.1, 0.15) is 26.4 Å². The minimum atomic E-state index is 0.123. The highest BCUT2D eigenvalue weighted by molar-refractivity contribution is 9.10. The van der Waals surface area contributed by atoms with Crippen molar-refractivity contribution in [3.63, 3.8) is 0 Å². The van der Waals surface area contributed by atoms with E-state index in [2.05, 4.69) is 27.4 Å². The van der Waals surface area contributed by atoms with Gasteiger partial charge in [0.05, 0.1) is 0 Å². The van der Waals surface area contributed by atoms with Crippen LogP contribution in [-0.4, -0.2) is 17.4 Å². The highest BCUT2D eigenvalue weighted by atomic mass is 79.9. The number of thiophene rings is 1. The molecular weight excluding hydrogens is 322 g/mol. The van der Waals surface area contributed by atoms with Gasteiger partial charge in [-0.25, -0.2) is 0 Å². The molecule has 19 heavy (non-hydrogen) atoms. The second-order valence-corrected chi connectivity index (χ2v) is 6.66. The number of aryl methyl sites for hydroxylation is 1. The maximum atomic E-state index is 12.5. The Morgan fingerprint density at radius 3 is 3.00 bits per heavy atom. The van der Waals surface area contributed by atoms with Crippen molar-refractivity contribution >= 4 is 33.2 Å². The molecule has 2 nitrogen and oxygen atoms in total. The molecule has 0 aliphatic carbocycles. The summed E-state index contributed by atoms with van der Waals surface area (Å²) in [5.41, 5.74) is 3.21. The number of carbonyl (C=O) groups excluding carboxylic acids is 1. The van der Waals surface area contributed by atoms with Gasteiger partial charge in [-0.15, -0.1) is 11.3 Å². The van der Waals surface area contributed by atoms with Crippen LogP contribution in [0.4, 0.5) is 0 Å². The van der Waals surface area contributed by atoms with Gasteiger partial charge in [0.2, 0.25) is 0 Å². The van der Waals surface area contributed by atoms with Crippen LogP contribution in [0.5, 0.6) is 0 Å². The van der Waals surface area contributed by atoms with Gasteiger partial charge in [-0.3, -0.25) is 4.79 Å². The molecule has 0 saturated carbocycles. The molecular formula is C15H14BrNOS. The summed E-state index contributed by atoms with van der Waals surface area (Å²) in [6.45, 7) is 3.58. The second kappa shape index (κ2) is 5.10. The third kappa shape index (κ3) is 2.47. The predicted molar refractivity (Wildman–Crippen MR) is 81.6 cm³/mol. The summed E-state index contributed by atoms with van der Waals surface area (Å²) in [7, 11) is 0. The number of hydrogen-bond donors (Lipinski definition) is 0. The predicted octanol–water partition coefficient (Wildman–Crippen LogP) is 4.02. The average Bonchev–Trinajstić information content (AvgIpc) is 2.88. The van der Waals surface area contributed by atoms with Gasteiger partial charge in [0.25, 0.3) is 5.91 Å². The first-order chi connectivity index (χ1) is 9.15. The van der Waals surface area contributed by atoms with Crippen molar-refractivity contribution in [3.05, 3.63) is 55.7 Å². The standard InChI is InChI=1S/C15H14BrNOS/c1-10-2-3-11(8-13(10)16)15(18)17-6-4-14-12(9-17)5-7-19-14/h2-3,5,7-8H,4,6,9H2,1H3. The molecule has 2 heterocycles. The lowest BCUT2D eigenvalue weighted by Crippen LogP contribution is -2.35. The van der Waals surface area contributed by atoms with Crippen molar-refractivity contribution in [1.82, 2.24) is 4.90 Å². The van der Waals surface area contributed by atoms with E-state index in [0.29, 0.717) is 0 Å². The Hall–Kier alpha value is -1.13. The molecule has 2 aromatic rings. The summed E-state index contributed by atoms with van der Waals surface area (Å²) in [6.07, 6.45) is 0.978. The van der Waals surface area contributed by atoms with Gasteiger partial charge < -0.3 is 4.90 Å². The Labute approximate surface area is 125 Å². The number of halogens is 1. The third-order valence-corrected chi connectivity index (χ3v) is 5.39. The summed E-state index contributed by atoms with van der Waals surface area (Å²) >= 11 is 5.28. The first-order valence-corrected chi connectivity index (χ1v) is 7.93. The molecule has 3 rings (SSSR count). The van der Waals surface area contributed by atoms with Crippen LogP contribution < -0.4 is 0 Å². The van der Waals surface area contributed by atoms with Gasteiger partial charge in [0.1, 0.15) is 0 Å². The van der Waals surface area contributed by atoms with E-state index in [1.54, 1.807) is 11.3 Å². The van der Waals surface area contributed by atoms with E-state index in [1.165, 1.54) is 10.4 Å². The molecule has 1 aliphatic heterocycles. The molecule has 0 bridgehead atoms. The van der Waals surface area contributed by atoms with Crippen LogP contribution in [-0.2, 0) is 13.0 Å².